The number of halogens is 3. The van der Waals surface area contributed by atoms with Crippen LogP contribution in [0, 0.1) is 0 Å². The van der Waals surface area contributed by atoms with E-state index in [9.17, 15) is 13.2 Å². The lowest BCUT2D eigenvalue weighted by molar-refractivity contribution is 0.0161. The second kappa shape index (κ2) is 6.71. The summed E-state index contributed by atoms with van der Waals surface area (Å²) in [5.41, 5.74) is -0.151. The van der Waals surface area contributed by atoms with Gasteiger partial charge in [0.2, 0.25) is 0 Å². The smallest absolute Gasteiger partial charge is 0.339 e. The second-order valence-corrected chi connectivity index (χ2v) is 7.79. The summed E-state index contributed by atoms with van der Waals surface area (Å²) in [5, 5.41) is -0.180. The van der Waals surface area contributed by atoms with Gasteiger partial charge in [-0.1, -0.05) is 23.2 Å². The van der Waals surface area contributed by atoms with Crippen LogP contribution in [0.4, 0.5) is 0 Å². The predicted octanol–water partition coefficient (Wildman–Crippen LogP) is 3.26. The Labute approximate surface area is 136 Å². The molecule has 0 spiro atoms. The molecule has 0 aromatic heterocycles. The van der Waals surface area contributed by atoms with E-state index in [-0.39, 0.29) is 33.2 Å². The molecule has 1 aromatic rings. The Hall–Kier alpha value is -0.530. The number of ether oxygens (including phenoxy) is 2. The standard InChI is InChI=1S/C12H11Cl3O5S/c13-10-5-8(21(15,17)18)4-9(11(10)14)12(16)20-6-7-2-1-3-19-7/h4-5,7H,1-3,6H2. The zero-order valence-electron chi connectivity index (χ0n) is 10.6. The normalized spacial score (nSPS) is 18.7. The molecule has 1 heterocycles. The maximum atomic E-state index is 12.0. The summed E-state index contributed by atoms with van der Waals surface area (Å²) in [5.74, 6) is -0.778. The van der Waals surface area contributed by atoms with Crippen molar-refractivity contribution in [1.82, 2.24) is 0 Å². The molecule has 116 valence electrons. The molecule has 1 aliphatic rings. The lowest BCUT2D eigenvalue weighted by atomic mass is 10.2. The van der Waals surface area contributed by atoms with Gasteiger partial charge in [0.15, 0.2) is 0 Å². The highest BCUT2D eigenvalue weighted by Gasteiger charge is 2.23. The van der Waals surface area contributed by atoms with Crippen molar-refractivity contribution in [3.05, 3.63) is 27.7 Å². The highest BCUT2D eigenvalue weighted by Crippen LogP contribution is 2.31. The molecule has 1 aromatic carbocycles. The largest absolute Gasteiger partial charge is 0.459 e. The van der Waals surface area contributed by atoms with Crippen LogP contribution in [0.15, 0.2) is 17.0 Å². The molecule has 1 saturated heterocycles. The molecule has 0 N–H and O–H groups in total. The van der Waals surface area contributed by atoms with Crippen LogP contribution in [0.5, 0.6) is 0 Å². The first kappa shape index (κ1) is 16.8. The minimum absolute atomic E-state index is 0.0740. The third-order valence-electron chi connectivity index (χ3n) is 2.93. The Balaban J connectivity index is 2.21. The van der Waals surface area contributed by atoms with Crippen molar-refractivity contribution in [2.24, 2.45) is 0 Å². The van der Waals surface area contributed by atoms with Gasteiger partial charge in [0.25, 0.3) is 9.05 Å². The Morgan fingerprint density at radius 1 is 1.38 bits per heavy atom. The van der Waals surface area contributed by atoms with E-state index in [4.69, 9.17) is 43.4 Å². The monoisotopic (exact) mass is 372 g/mol. The molecule has 0 amide bonds. The number of benzene rings is 1. The van der Waals surface area contributed by atoms with Crippen LogP contribution < -0.4 is 0 Å². The van der Waals surface area contributed by atoms with Gasteiger partial charge in [-0.3, -0.25) is 0 Å². The van der Waals surface area contributed by atoms with E-state index < -0.39 is 15.0 Å². The van der Waals surface area contributed by atoms with Gasteiger partial charge >= 0.3 is 5.97 Å². The summed E-state index contributed by atoms with van der Waals surface area (Å²) in [6, 6.07) is 2.11. The number of rotatable bonds is 4. The van der Waals surface area contributed by atoms with Gasteiger partial charge in [-0.15, -0.1) is 0 Å². The van der Waals surface area contributed by atoms with Crippen molar-refractivity contribution in [3.63, 3.8) is 0 Å². The molecule has 9 heteroatoms. The summed E-state index contributed by atoms with van der Waals surface area (Å²) in [7, 11) is 1.21. The van der Waals surface area contributed by atoms with Crippen LogP contribution in [0.2, 0.25) is 10.0 Å². The van der Waals surface area contributed by atoms with Crippen molar-refractivity contribution in [1.29, 1.82) is 0 Å². The first-order valence-corrected chi connectivity index (χ1v) is 9.08. The fourth-order valence-corrected chi connectivity index (χ4v) is 3.13. The molecule has 1 atom stereocenters. The lowest BCUT2D eigenvalue weighted by Gasteiger charge is -2.12. The number of hydrogen-bond acceptors (Lipinski definition) is 5. The van der Waals surface area contributed by atoms with E-state index in [1.54, 1.807) is 0 Å². The number of hydrogen-bond donors (Lipinski definition) is 0. The molecule has 1 fully saturated rings. The molecule has 21 heavy (non-hydrogen) atoms. The first-order valence-electron chi connectivity index (χ1n) is 6.01. The molecule has 0 saturated carbocycles. The predicted molar refractivity (Wildman–Crippen MR) is 78.8 cm³/mol. The highest BCUT2D eigenvalue weighted by molar-refractivity contribution is 8.13. The molecular weight excluding hydrogens is 363 g/mol. The Kier molecular flexibility index (Phi) is 5.38. The van der Waals surface area contributed by atoms with Gasteiger partial charge in [-0.2, -0.15) is 0 Å². The van der Waals surface area contributed by atoms with Crippen molar-refractivity contribution < 1.29 is 22.7 Å². The van der Waals surface area contributed by atoms with Crippen molar-refractivity contribution in [2.75, 3.05) is 13.2 Å². The third-order valence-corrected chi connectivity index (χ3v) is 5.06. The third kappa shape index (κ3) is 4.23. The Bertz CT molecular complexity index is 653. The summed E-state index contributed by atoms with van der Waals surface area (Å²) in [6.07, 6.45) is 1.57. The van der Waals surface area contributed by atoms with Crippen LogP contribution in [0.3, 0.4) is 0 Å². The van der Waals surface area contributed by atoms with Gasteiger partial charge in [0.05, 0.1) is 26.6 Å². The summed E-state index contributed by atoms with van der Waals surface area (Å²) in [4.78, 5) is 11.7. The second-order valence-electron chi connectivity index (χ2n) is 4.44. The van der Waals surface area contributed by atoms with Crippen molar-refractivity contribution in [3.8, 4) is 0 Å². The van der Waals surface area contributed by atoms with E-state index >= 15 is 0 Å². The minimum Gasteiger partial charge on any atom is -0.459 e. The molecule has 2 rings (SSSR count). The maximum absolute atomic E-state index is 12.0. The Morgan fingerprint density at radius 3 is 2.67 bits per heavy atom. The molecule has 1 unspecified atom stereocenters. The molecule has 0 radical (unpaired) electrons. The SMILES string of the molecule is O=C(OCC1CCCO1)c1cc(S(=O)(=O)Cl)cc(Cl)c1Cl. The average Bonchev–Trinajstić information content (AvgIpc) is 2.91. The minimum atomic E-state index is -4.03. The Morgan fingerprint density at radius 2 is 2.10 bits per heavy atom. The molecule has 1 aliphatic heterocycles. The average molecular weight is 374 g/mol. The summed E-state index contributed by atoms with van der Waals surface area (Å²) >= 11 is 11.7. The van der Waals surface area contributed by atoms with Crippen LogP contribution in [0.1, 0.15) is 23.2 Å². The topological polar surface area (TPSA) is 69.7 Å². The van der Waals surface area contributed by atoms with Gasteiger partial charge in [-0.05, 0) is 25.0 Å². The van der Waals surface area contributed by atoms with Crippen LogP contribution in [0.25, 0.3) is 0 Å². The van der Waals surface area contributed by atoms with Crippen molar-refractivity contribution in [2.45, 2.75) is 23.8 Å². The van der Waals surface area contributed by atoms with E-state index in [0.29, 0.717) is 6.61 Å². The van der Waals surface area contributed by atoms with Crippen LogP contribution >= 0.6 is 33.9 Å². The molecule has 0 aliphatic carbocycles. The van der Waals surface area contributed by atoms with E-state index in [2.05, 4.69) is 0 Å². The van der Waals surface area contributed by atoms with Gasteiger partial charge in [0, 0.05) is 17.3 Å². The fourth-order valence-electron chi connectivity index (χ4n) is 1.88. The highest BCUT2D eigenvalue weighted by atomic mass is 35.7. The van der Waals surface area contributed by atoms with Crippen molar-refractivity contribution >= 4 is 48.9 Å². The van der Waals surface area contributed by atoms with E-state index in [1.807, 2.05) is 0 Å². The quantitative estimate of drug-likeness (QED) is 0.598. The number of carbonyl (C=O) groups excluding carboxylic acids is 1. The molecule has 0 bridgehead atoms. The van der Waals surface area contributed by atoms with E-state index in [1.165, 1.54) is 0 Å². The van der Waals surface area contributed by atoms with Crippen LogP contribution in [-0.4, -0.2) is 33.7 Å². The zero-order valence-corrected chi connectivity index (χ0v) is 13.7. The number of carbonyl (C=O) groups is 1. The number of esters is 1. The van der Waals surface area contributed by atoms with Gasteiger partial charge in [-0.25, -0.2) is 13.2 Å². The lowest BCUT2D eigenvalue weighted by Crippen LogP contribution is -2.18. The van der Waals surface area contributed by atoms with Gasteiger partial charge < -0.3 is 9.47 Å². The summed E-state index contributed by atoms with van der Waals surface area (Å²) in [6.45, 7) is 0.708. The van der Waals surface area contributed by atoms with E-state index in [0.717, 1.165) is 25.0 Å². The zero-order chi connectivity index (χ0) is 15.6. The maximum Gasteiger partial charge on any atom is 0.339 e. The van der Waals surface area contributed by atoms with Gasteiger partial charge in [0.1, 0.15) is 6.61 Å². The molecule has 5 nitrogen and oxygen atoms in total. The first-order chi connectivity index (χ1) is 9.79. The fraction of sp³-hybridized carbons (Fsp3) is 0.417. The van der Waals surface area contributed by atoms with Crippen LogP contribution in [-0.2, 0) is 18.5 Å². The summed E-state index contributed by atoms with van der Waals surface area (Å²) < 4.78 is 33.0. The molecular formula is C12H11Cl3O5S.